The number of nitrogens with zero attached hydrogens (tertiary/aromatic N) is 4. The van der Waals surface area contributed by atoms with Crippen molar-refractivity contribution in [2.24, 2.45) is 5.10 Å². The Hall–Kier alpha value is -2.48. The molecular weight excluding hydrogens is 431 g/mol. The molecule has 2 heterocycles. The van der Waals surface area contributed by atoms with Crippen molar-refractivity contribution in [1.29, 1.82) is 0 Å². The summed E-state index contributed by atoms with van der Waals surface area (Å²) in [6.07, 6.45) is 0.699. The third kappa shape index (κ3) is 3.85. The highest BCUT2D eigenvalue weighted by Crippen LogP contribution is 2.34. The second kappa shape index (κ2) is 7.74. The van der Waals surface area contributed by atoms with Gasteiger partial charge in [0.15, 0.2) is 0 Å². The molecule has 1 aliphatic heterocycles. The van der Waals surface area contributed by atoms with Gasteiger partial charge in [0.05, 0.1) is 32.4 Å². The number of benzene rings is 2. The van der Waals surface area contributed by atoms with E-state index < -0.39 is 4.92 Å². The minimum Gasteiger partial charge on any atom is -0.258 e. The second-order valence-corrected chi connectivity index (χ2v) is 8.50. The fourth-order valence-corrected chi connectivity index (χ4v) is 4.48. The molecule has 6 nitrogen and oxygen atoms in total. The molecule has 0 spiro atoms. The number of hydrogen-bond donors (Lipinski definition) is 0. The van der Waals surface area contributed by atoms with E-state index in [1.165, 1.54) is 23.5 Å². The third-order valence-corrected chi connectivity index (χ3v) is 6.37. The maximum Gasteiger partial charge on any atom is 0.269 e. The molecule has 0 amide bonds. The monoisotopic (exact) mass is 446 g/mol. The summed E-state index contributed by atoms with van der Waals surface area (Å²) in [4.78, 5) is 15.2. The number of non-ortho nitro benzene ring substituents is 1. The molecule has 0 aliphatic carbocycles. The molecule has 148 valence electrons. The first-order valence-corrected chi connectivity index (χ1v) is 10.5. The molecule has 0 saturated heterocycles. The Kier molecular flexibility index (Phi) is 5.29. The Morgan fingerprint density at radius 1 is 1.21 bits per heavy atom. The van der Waals surface area contributed by atoms with E-state index in [4.69, 9.17) is 28.3 Å². The minimum atomic E-state index is -0.421. The summed E-state index contributed by atoms with van der Waals surface area (Å²) in [5.41, 5.74) is 4.25. The Bertz CT molecular complexity index is 1130. The fraction of sp³-hybridized carbons (Fsp3) is 0.200. The van der Waals surface area contributed by atoms with Crippen LogP contribution in [0.15, 0.2) is 46.9 Å². The molecule has 3 aromatic rings. The number of aromatic nitrogens is 1. The molecule has 1 aromatic heterocycles. The predicted molar refractivity (Wildman–Crippen MR) is 118 cm³/mol. The van der Waals surface area contributed by atoms with Crippen molar-refractivity contribution in [3.05, 3.63) is 84.3 Å². The van der Waals surface area contributed by atoms with Crippen LogP contribution in [0.25, 0.3) is 0 Å². The van der Waals surface area contributed by atoms with Crippen LogP contribution in [0.3, 0.4) is 0 Å². The van der Waals surface area contributed by atoms with Crippen LogP contribution in [0, 0.1) is 17.0 Å². The zero-order valence-corrected chi connectivity index (χ0v) is 17.9. The quantitative estimate of drug-likeness (QED) is 0.372. The SMILES string of the molecule is Cc1csc(N2N=C(c3ccc([N+](=O)[O-])cc3)c3cc(Cl)c(Cl)cc3CC2C)n1. The lowest BCUT2D eigenvalue weighted by Crippen LogP contribution is -2.29. The highest BCUT2D eigenvalue weighted by Gasteiger charge is 2.27. The maximum atomic E-state index is 11.0. The van der Waals surface area contributed by atoms with Crippen molar-refractivity contribution >= 4 is 51.1 Å². The highest BCUT2D eigenvalue weighted by atomic mass is 35.5. The first-order valence-electron chi connectivity index (χ1n) is 8.86. The summed E-state index contributed by atoms with van der Waals surface area (Å²) < 4.78 is 0. The van der Waals surface area contributed by atoms with E-state index in [1.54, 1.807) is 12.1 Å². The van der Waals surface area contributed by atoms with Gasteiger partial charge in [-0.2, -0.15) is 5.10 Å². The van der Waals surface area contributed by atoms with Gasteiger partial charge in [-0.05, 0) is 50.1 Å². The van der Waals surface area contributed by atoms with Crippen LogP contribution in [-0.2, 0) is 6.42 Å². The molecule has 2 aromatic carbocycles. The average Bonchev–Trinajstić information content (AvgIpc) is 3.06. The summed E-state index contributed by atoms with van der Waals surface area (Å²) in [7, 11) is 0. The van der Waals surface area contributed by atoms with Gasteiger partial charge in [0.2, 0.25) is 5.13 Å². The largest absolute Gasteiger partial charge is 0.269 e. The maximum absolute atomic E-state index is 11.0. The van der Waals surface area contributed by atoms with Gasteiger partial charge < -0.3 is 0 Å². The topological polar surface area (TPSA) is 71.6 Å². The number of thiazole rings is 1. The van der Waals surface area contributed by atoms with E-state index in [0.717, 1.165) is 27.5 Å². The van der Waals surface area contributed by atoms with Gasteiger partial charge in [0, 0.05) is 28.6 Å². The molecule has 0 bridgehead atoms. The normalized spacial score (nSPS) is 16.2. The Morgan fingerprint density at radius 2 is 1.90 bits per heavy atom. The van der Waals surface area contributed by atoms with Crippen molar-refractivity contribution in [1.82, 2.24) is 4.98 Å². The molecule has 0 N–H and O–H groups in total. The molecule has 1 aliphatic rings. The number of anilines is 1. The van der Waals surface area contributed by atoms with E-state index in [1.807, 2.05) is 29.4 Å². The van der Waals surface area contributed by atoms with E-state index in [-0.39, 0.29) is 11.7 Å². The number of nitro groups is 1. The summed E-state index contributed by atoms with van der Waals surface area (Å²) in [6.45, 7) is 4.02. The van der Waals surface area contributed by atoms with Crippen LogP contribution in [0.4, 0.5) is 10.8 Å². The number of fused-ring (bicyclic) bond motifs is 1. The lowest BCUT2D eigenvalue weighted by atomic mass is 9.94. The summed E-state index contributed by atoms with van der Waals surface area (Å²) >= 11 is 14.1. The molecule has 9 heteroatoms. The zero-order chi connectivity index (χ0) is 20.7. The Morgan fingerprint density at radius 3 is 2.52 bits per heavy atom. The molecule has 29 heavy (non-hydrogen) atoms. The minimum absolute atomic E-state index is 0.0260. The van der Waals surface area contributed by atoms with Crippen LogP contribution in [0.5, 0.6) is 0 Å². The van der Waals surface area contributed by atoms with Gasteiger partial charge in [0.1, 0.15) is 0 Å². The lowest BCUT2D eigenvalue weighted by Gasteiger charge is -2.22. The van der Waals surface area contributed by atoms with Crippen LogP contribution in [-0.4, -0.2) is 21.7 Å². The van der Waals surface area contributed by atoms with Crippen molar-refractivity contribution in [3.8, 4) is 0 Å². The zero-order valence-electron chi connectivity index (χ0n) is 15.6. The van der Waals surface area contributed by atoms with Gasteiger partial charge in [-0.25, -0.2) is 9.99 Å². The first-order chi connectivity index (χ1) is 13.8. The van der Waals surface area contributed by atoms with Gasteiger partial charge in [-0.15, -0.1) is 11.3 Å². The van der Waals surface area contributed by atoms with E-state index in [9.17, 15) is 10.1 Å². The van der Waals surface area contributed by atoms with Crippen molar-refractivity contribution in [2.75, 3.05) is 5.01 Å². The molecule has 0 saturated carbocycles. The number of rotatable bonds is 3. The van der Waals surface area contributed by atoms with Gasteiger partial charge in [-0.3, -0.25) is 10.1 Å². The van der Waals surface area contributed by atoms with Crippen LogP contribution >= 0.6 is 34.5 Å². The van der Waals surface area contributed by atoms with E-state index in [2.05, 4.69) is 11.9 Å². The fourth-order valence-electron chi connectivity index (χ4n) is 3.27. The second-order valence-electron chi connectivity index (χ2n) is 6.85. The van der Waals surface area contributed by atoms with Crippen molar-refractivity contribution in [2.45, 2.75) is 26.3 Å². The van der Waals surface area contributed by atoms with E-state index in [0.29, 0.717) is 22.2 Å². The van der Waals surface area contributed by atoms with Crippen molar-refractivity contribution < 1.29 is 4.92 Å². The van der Waals surface area contributed by atoms with Crippen LogP contribution in [0.2, 0.25) is 10.0 Å². The van der Waals surface area contributed by atoms with Gasteiger partial charge in [0.25, 0.3) is 5.69 Å². The third-order valence-electron chi connectivity index (χ3n) is 4.70. The van der Waals surface area contributed by atoms with E-state index >= 15 is 0 Å². The number of halogens is 2. The Labute approximate surface area is 181 Å². The summed E-state index contributed by atoms with van der Waals surface area (Å²) in [5.74, 6) is 0. The summed E-state index contributed by atoms with van der Waals surface area (Å²) in [5, 5.41) is 21.6. The van der Waals surface area contributed by atoms with Gasteiger partial charge >= 0.3 is 0 Å². The van der Waals surface area contributed by atoms with Crippen LogP contribution in [0.1, 0.15) is 29.3 Å². The average molecular weight is 447 g/mol. The standard InChI is InChI=1S/C20H16Cl2N4O2S/c1-11-10-29-20(23-11)25-12(2)7-14-8-17(21)18(22)9-16(14)19(24-25)13-3-5-15(6-4-13)26(27)28/h3-6,8-10,12H,7H2,1-2H3. The van der Waals surface area contributed by atoms with Gasteiger partial charge in [-0.1, -0.05) is 23.2 Å². The number of nitro benzene ring substituents is 1. The molecule has 0 radical (unpaired) electrons. The lowest BCUT2D eigenvalue weighted by molar-refractivity contribution is -0.384. The number of hydrogen-bond acceptors (Lipinski definition) is 6. The van der Waals surface area contributed by atoms with Crippen LogP contribution < -0.4 is 5.01 Å². The molecule has 1 unspecified atom stereocenters. The molecular formula is C20H16Cl2N4O2S. The summed E-state index contributed by atoms with van der Waals surface area (Å²) in [6, 6.07) is 10.1. The number of aryl methyl sites for hydroxylation is 1. The predicted octanol–water partition coefficient (Wildman–Crippen LogP) is 5.87. The molecule has 1 atom stereocenters. The van der Waals surface area contributed by atoms with Crippen molar-refractivity contribution in [3.63, 3.8) is 0 Å². The Balaban J connectivity index is 1.91. The molecule has 0 fully saturated rings. The highest BCUT2D eigenvalue weighted by molar-refractivity contribution is 7.13. The first kappa shape index (κ1) is 19.8. The smallest absolute Gasteiger partial charge is 0.258 e. The number of hydrazone groups is 1. The molecule has 4 rings (SSSR count).